The molecule has 0 unspecified atom stereocenters. The Kier molecular flexibility index (Phi) is 6.37. The van der Waals surface area contributed by atoms with Crippen molar-refractivity contribution in [1.82, 2.24) is 14.9 Å². The average Bonchev–Trinajstić information content (AvgIpc) is 2.96. The molecule has 3 rings (SSSR count). The highest BCUT2D eigenvalue weighted by atomic mass is 32.2. The van der Waals surface area contributed by atoms with E-state index in [1.807, 2.05) is 0 Å². The number of hydrogen-bond donors (Lipinski definition) is 1. The maximum absolute atomic E-state index is 12.6. The topological polar surface area (TPSA) is 75.3 Å². The number of H-pyrrole nitrogens is 1. The van der Waals surface area contributed by atoms with E-state index in [1.54, 1.807) is 16.2 Å². The Balaban J connectivity index is 1.76. The first-order valence-corrected chi connectivity index (χ1v) is 10.8. The lowest BCUT2D eigenvalue weighted by Gasteiger charge is -2.26. The zero-order chi connectivity index (χ0) is 18.7. The lowest BCUT2D eigenvalue weighted by molar-refractivity contribution is -0.132. The summed E-state index contributed by atoms with van der Waals surface area (Å²) in [6, 6.07) is 0. The van der Waals surface area contributed by atoms with Gasteiger partial charge in [0.1, 0.15) is 4.83 Å². The van der Waals surface area contributed by atoms with Gasteiger partial charge in [-0.2, -0.15) is 0 Å². The molecule has 1 N–H and O–H groups in total. The molecule has 1 fully saturated rings. The molecule has 0 saturated carbocycles. The van der Waals surface area contributed by atoms with E-state index in [9.17, 15) is 9.59 Å². The lowest BCUT2D eigenvalue weighted by atomic mass is 9.98. The third-order valence-corrected chi connectivity index (χ3v) is 6.69. The normalized spacial score (nSPS) is 16.2. The van der Waals surface area contributed by atoms with Crippen LogP contribution in [0.4, 0.5) is 0 Å². The van der Waals surface area contributed by atoms with Crippen LogP contribution >= 0.6 is 23.1 Å². The average molecular weight is 396 g/mol. The molecule has 2 aromatic heterocycles. The van der Waals surface area contributed by atoms with Crippen molar-refractivity contribution in [2.45, 2.75) is 38.8 Å². The van der Waals surface area contributed by atoms with Crippen molar-refractivity contribution in [2.24, 2.45) is 5.92 Å². The number of hydrogen-bond acceptors (Lipinski definition) is 6. The zero-order valence-corrected chi connectivity index (χ0v) is 17.1. The number of aromatic nitrogens is 2. The van der Waals surface area contributed by atoms with Crippen LogP contribution in [0.25, 0.3) is 10.2 Å². The number of fused-ring (bicyclic) bond motifs is 1. The number of carbonyl (C=O) groups is 1. The minimum Gasteiger partial charge on any atom is -0.378 e. The molecular weight excluding hydrogens is 370 g/mol. The maximum Gasteiger partial charge on any atom is 0.260 e. The Morgan fingerprint density at radius 3 is 2.85 bits per heavy atom. The molecule has 0 bridgehead atoms. The molecule has 3 heterocycles. The Labute approximate surface area is 161 Å². The highest BCUT2D eigenvalue weighted by molar-refractivity contribution is 7.99. The molecule has 0 aliphatic carbocycles. The summed E-state index contributed by atoms with van der Waals surface area (Å²) >= 11 is 2.86. The fourth-order valence-corrected chi connectivity index (χ4v) is 4.87. The molecule has 0 aromatic carbocycles. The number of amides is 1. The number of nitrogens with zero attached hydrogens (tertiary/aromatic N) is 2. The molecule has 6 nitrogen and oxygen atoms in total. The van der Waals surface area contributed by atoms with Gasteiger partial charge in [-0.3, -0.25) is 9.59 Å². The third kappa shape index (κ3) is 4.29. The van der Waals surface area contributed by atoms with Crippen LogP contribution in [0.3, 0.4) is 0 Å². The number of morpholine rings is 1. The molecule has 1 amide bonds. The van der Waals surface area contributed by atoms with Gasteiger partial charge in [-0.05, 0) is 24.8 Å². The number of aryl methyl sites for hydroxylation is 1. The van der Waals surface area contributed by atoms with Crippen LogP contribution in [0.2, 0.25) is 0 Å². The van der Waals surface area contributed by atoms with Gasteiger partial charge >= 0.3 is 0 Å². The van der Waals surface area contributed by atoms with Crippen molar-refractivity contribution >= 4 is 39.2 Å². The second kappa shape index (κ2) is 8.54. The number of rotatable bonds is 6. The van der Waals surface area contributed by atoms with E-state index in [0.717, 1.165) is 33.5 Å². The number of thiophene rings is 1. The molecule has 1 aliphatic rings. The summed E-state index contributed by atoms with van der Waals surface area (Å²) in [7, 11) is 0. The first-order chi connectivity index (χ1) is 12.5. The zero-order valence-electron chi connectivity index (χ0n) is 15.5. The van der Waals surface area contributed by atoms with Crippen LogP contribution in [0.15, 0.2) is 9.95 Å². The summed E-state index contributed by atoms with van der Waals surface area (Å²) < 4.78 is 5.27. The first kappa shape index (κ1) is 19.4. The van der Waals surface area contributed by atoms with Gasteiger partial charge in [-0.25, -0.2) is 4.98 Å². The van der Waals surface area contributed by atoms with E-state index in [2.05, 4.69) is 30.7 Å². The number of thioether (sulfide) groups is 1. The van der Waals surface area contributed by atoms with Crippen LogP contribution in [0.5, 0.6) is 0 Å². The van der Waals surface area contributed by atoms with Crippen LogP contribution in [-0.2, 0) is 16.0 Å². The largest absolute Gasteiger partial charge is 0.378 e. The molecular formula is C18H25N3O3S2. The van der Waals surface area contributed by atoms with Crippen LogP contribution in [-0.4, -0.2) is 52.8 Å². The quantitative estimate of drug-likeness (QED) is 0.601. The highest BCUT2D eigenvalue weighted by Crippen LogP contribution is 2.30. The second-order valence-electron chi connectivity index (χ2n) is 6.69. The van der Waals surface area contributed by atoms with E-state index in [4.69, 9.17) is 4.74 Å². The number of carbonyl (C=O) groups excluding carboxylic acids is 1. The van der Waals surface area contributed by atoms with Crippen molar-refractivity contribution in [2.75, 3.05) is 32.1 Å². The van der Waals surface area contributed by atoms with Gasteiger partial charge in [0.05, 0.1) is 24.4 Å². The molecule has 0 spiro atoms. The van der Waals surface area contributed by atoms with E-state index in [0.29, 0.717) is 37.4 Å². The maximum atomic E-state index is 12.6. The Bertz CT molecular complexity index is 840. The molecule has 1 saturated heterocycles. The van der Waals surface area contributed by atoms with Gasteiger partial charge in [0, 0.05) is 18.0 Å². The Morgan fingerprint density at radius 1 is 1.42 bits per heavy atom. The molecule has 1 aliphatic heterocycles. The minimum atomic E-state index is -0.0982. The molecule has 1 atom stereocenters. The van der Waals surface area contributed by atoms with Gasteiger partial charge < -0.3 is 14.6 Å². The van der Waals surface area contributed by atoms with Gasteiger partial charge in [0.15, 0.2) is 5.16 Å². The molecule has 8 heteroatoms. The van der Waals surface area contributed by atoms with E-state index in [1.165, 1.54) is 11.8 Å². The SMILES string of the molecule is CC[C@H](C)Cc1c(C)sc2nc(SCC(=O)N3CCOCC3)[nH]c(=O)c12. The third-order valence-electron chi connectivity index (χ3n) is 4.79. The van der Waals surface area contributed by atoms with Gasteiger partial charge in [0.25, 0.3) is 5.56 Å². The van der Waals surface area contributed by atoms with Crippen LogP contribution in [0.1, 0.15) is 30.7 Å². The molecule has 26 heavy (non-hydrogen) atoms. The summed E-state index contributed by atoms with van der Waals surface area (Å²) in [5, 5.41) is 1.23. The second-order valence-corrected chi connectivity index (χ2v) is 8.85. The number of aromatic amines is 1. The minimum absolute atomic E-state index is 0.0564. The van der Waals surface area contributed by atoms with Crippen molar-refractivity contribution in [3.8, 4) is 0 Å². The Hall–Kier alpha value is -1.38. The predicted molar refractivity (Wildman–Crippen MR) is 106 cm³/mol. The van der Waals surface area contributed by atoms with Crippen molar-refractivity contribution in [3.05, 3.63) is 20.8 Å². The van der Waals surface area contributed by atoms with E-state index >= 15 is 0 Å². The summed E-state index contributed by atoms with van der Waals surface area (Å²) in [5.74, 6) is 0.866. The van der Waals surface area contributed by atoms with E-state index in [-0.39, 0.29) is 17.2 Å². The van der Waals surface area contributed by atoms with Gasteiger partial charge in [-0.1, -0.05) is 32.0 Å². The first-order valence-electron chi connectivity index (χ1n) is 9.00. The molecule has 2 aromatic rings. The fourth-order valence-electron chi connectivity index (χ4n) is 3.00. The standard InChI is InChI=1S/C18H25N3O3S2/c1-4-11(2)9-13-12(3)26-17-15(13)16(23)19-18(20-17)25-10-14(22)21-5-7-24-8-6-21/h11H,4-10H2,1-3H3,(H,19,20,23)/t11-/m0/s1. The van der Waals surface area contributed by atoms with Crippen molar-refractivity contribution in [1.29, 1.82) is 0 Å². The summed E-state index contributed by atoms with van der Waals surface area (Å²) in [6.45, 7) is 8.86. The van der Waals surface area contributed by atoms with Gasteiger partial charge in [0.2, 0.25) is 5.91 Å². The lowest BCUT2D eigenvalue weighted by Crippen LogP contribution is -2.41. The highest BCUT2D eigenvalue weighted by Gasteiger charge is 2.19. The van der Waals surface area contributed by atoms with Crippen LogP contribution in [0, 0.1) is 12.8 Å². The van der Waals surface area contributed by atoms with Crippen LogP contribution < -0.4 is 5.56 Å². The molecule has 0 radical (unpaired) electrons. The van der Waals surface area contributed by atoms with Crippen molar-refractivity contribution in [3.63, 3.8) is 0 Å². The summed E-state index contributed by atoms with van der Waals surface area (Å²) in [5.41, 5.74) is 1.02. The Morgan fingerprint density at radius 2 is 2.15 bits per heavy atom. The fraction of sp³-hybridized carbons (Fsp3) is 0.611. The van der Waals surface area contributed by atoms with Gasteiger partial charge in [-0.15, -0.1) is 11.3 Å². The molecule has 142 valence electrons. The smallest absolute Gasteiger partial charge is 0.260 e. The number of ether oxygens (including phenoxy) is 1. The predicted octanol–water partition coefficient (Wildman–Crippen LogP) is 2.83. The number of nitrogens with one attached hydrogen (secondary N) is 1. The summed E-state index contributed by atoms with van der Waals surface area (Å²) in [6.07, 6.45) is 1.98. The monoisotopic (exact) mass is 395 g/mol. The van der Waals surface area contributed by atoms with E-state index < -0.39 is 0 Å². The summed E-state index contributed by atoms with van der Waals surface area (Å²) in [4.78, 5) is 36.1. The van der Waals surface area contributed by atoms with Crippen molar-refractivity contribution < 1.29 is 9.53 Å².